The quantitative estimate of drug-likeness (QED) is 0.486. The minimum atomic E-state index is -0.356. The Bertz CT molecular complexity index is 200. The summed E-state index contributed by atoms with van der Waals surface area (Å²) >= 11 is 0. The monoisotopic (exact) mass is 199 g/mol. The second kappa shape index (κ2) is 5.78. The Hall–Kier alpha value is -0.870. The van der Waals surface area contributed by atoms with Gasteiger partial charge in [-0.15, -0.1) is 0 Å². The van der Waals surface area contributed by atoms with Crippen molar-refractivity contribution in [2.45, 2.75) is 13.0 Å². The SMILES string of the molecule is C=CC(=O)OCC(C)N1CCOCC1. The van der Waals surface area contributed by atoms with Gasteiger partial charge in [0.1, 0.15) is 6.61 Å². The van der Waals surface area contributed by atoms with E-state index in [9.17, 15) is 4.79 Å². The lowest BCUT2D eigenvalue weighted by atomic mass is 10.3. The van der Waals surface area contributed by atoms with E-state index in [-0.39, 0.29) is 12.0 Å². The summed E-state index contributed by atoms with van der Waals surface area (Å²) in [5, 5.41) is 0. The van der Waals surface area contributed by atoms with Crippen molar-refractivity contribution in [3.8, 4) is 0 Å². The Labute approximate surface area is 84.5 Å². The maximum atomic E-state index is 10.8. The largest absolute Gasteiger partial charge is 0.461 e. The molecule has 1 unspecified atom stereocenters. The molecule has 0 amide bonds. The van der Waals surface area contributed by atoms with Crippen LogP contribution in [0.5, 0.6) is 0 Å². The molecule has 1 aliphatic rings. The van der Waals surface area contributed by atoms with Crippen LogP contribution in [0.3, 0.4) is 0 Å². The van der Waals surface area contributed by atoms with Crippen LogP contribution in [0.1, 0.15) is 6.92 Å². The fourth-order valence-electron chi connectivity index (χ4n) is 1.39. The van der Waals surface area contributed by atoms with E-state index in [2.05, 4.69) is 11.5 Å². The van der Waals surface area contributed by atoms with Gasteiger partial charge in [-0.2, -0.15) is 0 Å². The zero-order valence-corrected chi connectivity index (χ0v) is 8.57. The third-order valence-electron chi connectivity index (χ3n) is 2.30. The van der Waals surface area contributed by atoms with Crippen molar-refractivity contribution in [3.63, 3.8) is 0 Å². The number of rotatable bonds is 4. The van der Waals surface area contributed by atoms with Crippen LogP contribution in [0.15, 0.2) is 12.7 Å². The van der Waals surface area contributed by atoms with Gasteiger partial charge in [-0.1, -0.05) is 6.58 Å². The molecule has 14 heavy (non-hydrogen) atoms. The molecule has 0 radical (unpaired) electrons. The predicted molar refractivity (Wildman–Crippen MR) is 53.0 cm³/mol. The molecule has 0 saturated carbocycles. The minimum absolute atomic E-state index is 0.253. The number of carbonyl (C=O) groups is 1. The first-order valence-corrected chi connectivity index (χ1v) is 4.85. The molecule has 1 saturated heterocycles. The van der Waals surface area contributed by atoms with Crippen molar-refractivity contribution in [2.24, 2.45) is 0 Å². The Kier molecular flexibility index (Phi) is 4.62. The van der Waals surface area contributed by atoms with E-state index >= 15 is 0 Å². The number of ether oxygens (including phenoxy) is 2. The van der Waals surface area contributed by atoms with E-state index in [0.717, 1.165) is 26.3 Å². The molecule has 0 bridgehead atoms. The minimum Gasteiger partial charge on any atom is -0.461 e. The summed E-state index contributed by atoms with van der Waals surface area (Å²) in [7, 11) is 0. The lowest BCUT2D eigenvalue weighted by Crippen LogP contribution is -2.44. The van der Waals surface area contributed by atoms with Gasteiger partial charge in [-0.25, -0.2) is 4.79 Å². The molecule has 80 valence electrons. The number of hydrogen-bond donors (Lipinski definition) is 0. The molecule has 0 aliphatic carbocycles. The number of hydrogen-bond acceptors (Lipinski definition) is 4. The molecule has 0 spiro atoms. The predicted octanol–water partition coefficient (Wildman–Crippen LogP) is 0.436. The molecule has 0 aromatic heterocycles. The molecule has 4 nitrogen and oxygen atoms in total. The molecule has 1 rings (SSSR count). The van der Waals surface area contributed by atoms with Crippen molar-refractivity contribution in [2.75, 3.05) is 32.9 Å². The van der Waals surface area contributed by atoms with Gasteiger partial charge < -0.3 is 9.47 Å². The maximum absolute atomic E-state index is 10.8. The lowest BCUT2D eigenvalue weighted by molar-refractivity contribution is -0.139. The van der Waals surface area contributed by atoms with Crippen molar-refractivity contribution in [3.05, 3.63) is 12.7 Å². The van der Waals surface area contributed by atoms with Crippen LogP contribution in [0, 0.1) is 0 Å². The van der Waals surface area contributed by atoms with E-state index < -0.39 is 0 Å². The van der Waals surface area contributed by atoms with Gasteiger partial charge in [-0.3, -0.25) is 4.90 Å². The van der Waals surface area contributed by atoms with Crippen LogP contribution in [0.4, 0.5) is 0 Å². The van der Waals surface area contributed by atoms with Gasteiger partial charge in [-0.05, 0) is 6.92 Å². The first-order valence-electron chi connectivity index (χ1n) is 4.85. The molecular formula is C10H17NO3. The number of morpholine rings is 1. The normalized spacial score (nSPS) is 20.1. The highest BCUT2D eigenvalue weighted by Gasteiger charge is 2.17. The summed E-state index contributed by atoms with van der Waals surface area (Å²) in [6.45, 7) is 9.15. The van der Waals surface area contributed by atoms with Crippen molar-refractivity contribution < 1.29 is 14.3 Å². The number of carbonyl (C=O) groups excluding carboxylic acids is 1. The molecule has 0 aromatic carbocycles. The van der Waals surface area contributed by atoms with Gasteiger partial charge in [0.15, 0.2) is 0 Å². The van der Waals surface area contributed by atoms with Crippen molar-refractivity contribution in [1.29, 1.82) is 0 Å². The summed E-state index contributed by atoms with van der Waals surface area (Å²) in [6.07, 6.45) is 1.19. The van der Waals surface area contributed by atoms with E-state index in [1.54, 1.807) is 0 Å². The first-order chi connectivity index (χ1) is 6.74. The third-order valence-corrected chi connectivity index (χ3v) is 2.30. The van der Waals surface area contributed by atoms with E-state index in [4.69, 9.17) is 9.47 Å². The number of nitrogens with zero attached hydrogens (tertiary/aromatic N) is 1. The van der Waals surface area contributed by atoms with E-state index in [1.807, 2.05) is 6.92 Å². The van der Waals surface area contributed by atoms with Crippen LogP contribution in [0.25, 0.3) is 0 Å². The van der Waals surface area contributed by atoms with E-state index in [1.165, 1.54) is 6.08 Å². The first kappa shape index (κ1) is 11.2. The van der Waals surface area contributed by atoms with Gasteiger partial charge in [0.2, 0.25) is 0 Å². The number of esters is 1. The van der Waals surface area contributed by atoms with Gasteiger partial charge >= 0.3 is 5.97 Å². The van der Waals surface area contributed by atoms with Crippen LogP contribution < -0.4 is 0 Å². The van der Waals surface area contributed by atoms with Crippen LogP contribution >= 0.6 is 0 Å². The third kappa shape index (κ3) is 3.47. The Morgan fingerprint density at radius 1 is 1.64 bits per heavy atom. The average molecular weight is 199 g/mol. The van der Waals surface area contributed by atoms with Crippen molar-refractivity contribution in [1.82, 2.24) is 4.90 Å². The van der Waals surface area contributed by atoms with Gasteiger partial charge in [0.25, 0.3) is 0 Å². The lowest BCUT2D eigenvalue weighted by Gasteiger charge is -2.31. The Morgan fingerprint density at radius 3 is 2.86 bits per heavy atom. The van der Waals surface area contributed by atoms with Gasteiger partial charge in [0, 0.05) is 25.2 Å². The summed E-state index contributed by atoms with van der Waals surface area (Å²) < 4.78 is 10.2. The standard InChI is InChI=1S/C10H17NO3/c1-3-10(12)14-8-9(2)11-4-6-13-7-5-11/h3,9H,1,4-8H2,2H3. The zero-order valence-electron chi connectivity index (χ0n) is 8.57. The fraction of sp³-hybridized carbons (Fsp3) is 0.700. The maximum Gasteiger partial charge on any atom is 0.330 e. The summed E-state index contributed by atoms with van der Waals surface area (Å²) in [5.74, 6) is -0.356. The molecule has 1 atom stereocenters. The highest BCUT2D eigenvalue weighted by molar-refractivity contribution is 5.81. The summed E-state index contributed by atoms with van der Waals surface area (Å²) in [4.78, 5) is 13.1. The molecule has 1 aliphatic heterocycles. The molecule has 4 heteroatoms. The van der Waals surface area contributed by atoms with Crippen LogP contribution in [-0.2, 0) is 14.3 Å². The highest BCUT2D eigenvalue weighted by atomic mass is 16.5. The van der Waals surface area contributed by atoms with Gasteiger partial charge in [0.05, 0.1) is 13.2 Å². The van der Waals surface area contributed by atoms with Crippen LogP contribution in [0.2, 0.25) is 0 Å². The average Bonchev–Trinajstić information content (AvgIpc) is 2.26. The topological polar surface area (TPSA) is 38.8 Å². The summed E-state index contributed by atoms with van der Waals surface area (Å²) in [6, 6.07) is 0.253. The highest BCUT2D eigenvalue weighted by Crippen LogP contribution is 2.03. The molecule has 0 aromatic rings. The van der Waals surface area contributed by atoms with Crippen LogP contribution in [-0.4, -0.2) is 49.8 Å². The van der Waals surface area contributed by atoms with Crippen molar-refractivity contribution >= 4 is 5.97 Å². The second-order valence-corrected chi connectivity index (χ2v) is 3.33. The molecular weight excluding hydrogens is 182 g/mol. The molecule has 1 fully saturated rings. The fourth-order valence-corrected chi connectivity index (χ4v) is 1.39. The molecule has 1 heterocycles. The zero-order chi connectivity index (χ0) is 10.4. The summed E-state index contributed by atoms with van der Waals surface area (Å²) in [5.41, 5.74) is 0. The van der Waals surface area contributed by atoms with E-state index in [0.29, 0.717) is 6.61 Å². The molecule has 0 N–H and O–H groups in total. The smallest absolute Gasteiger partial charge is 0.330 e. The second-order valence-electron chi connectivity index (χ2n) is 3.33. The Balaban J connectivity index is 2.22. The Morgan fingerprint density at radius 2 is 2.29 bits per heavy atom.